The summed E-state index contributed by atoms with van der Waals surface area (Å²) in [6.45, 7) is 16.0. The summed E-state index contributed by atoms with van der Waals surface area (Å²) in [6.07, 6.45) is 6.80. The SMILES string of the molecule is C/C(=C/c1cc2c(cc1C)C(C)(C)CCC2(C)C)c1ccc(C)nc1.[HH]. The number of aryl methyl sites for hydroxylation is 2. The van der Waals surface area contributed by atoms with Crippen molar-refractivity contribution in [2.24, 2.45) is 0 Å². The molecule has 1 aliphatic rings. The Morgan fingerprint density at radius 1 is 1.00 bits per heavy atom. The van der Waals surface area contributed by atoms with Gasteiger partial charge in [0.2, 0.25) is 0 Å². The molecule has 1 aromatic carbocycles. The normalized spacial score (nSPS) is 18.8. The molecule has 0 radical (unpaired) electrons. The lowest BCUT2D eigenvalue weighted by atomic mass is 9.62. The van der Waals surface area contributed by atoms with Gasteiger partial charge in [0.15, 0.2) is 0 Å². The molecular formula is C24H33N. The van der Waals surface area contributed by atoms with Crippen LogP contribution in [0.3, 0.4) is 0 Å². The first-order valence-electron chi connectivity index (χ1n) is 9.37. The van der Waals surface area contributed by atoms with Crippen molar-refractivity contribution in [3.63, 3.8) is 0 Å². The van der Waals surface area contributed by atoms with Crippen molar-refractivity contribution in [2.75, 3.05) is 0 Å². The van der Waals surface area contributed by atoms with Gasteiger partial charge in [0.25, 0.3) is 0 Å². The first-order valence-corrected chi connectivity index (χ1v) is 9.37. The number of pyridine rings is 1. The van der Waals surface area contributed by atoms with Crippen LogP contribution in [0.2, 0.25) is 0 Å². The first kappa shape index (κ1) is 17.9. The quantitative estimate of drug-likeness (QED) is 0.584. The highest BCUT2D eigenvalue weighted by molar-refractivity contribution is 5.81. The molecule has 2 aromatic rings. The van der Waals surface area contributed by atoms with Crippen LogP contribution in [-0.2, 0) is 10.8 Å². The summed E-state index contributed by atoms with van der Waals surface area (Å²) in [5.74, 6) is 0. The molecule has 1 nitrogen and oxygen atoms in total. The standard InChI is InChI=1S/C24H31N.H2/c1-16(19-9-8-18(3)25-15-19)12-20-14-22-21(13-17(20)2)23(4,5)10-11-24(22,6)7;/h8-9,12-15H,10-11H2,1-7H3;1H/b16-12-;. The first-order chi connectivity index (χ1) is 11.6. The van der Waals surface area contributed by atoms with Gasteiger partial charge >= 0.3 is 0 Å². The van der Waals surface area contributed by atoms with Crippen LogP contribution in [-0.4, -0.2) is 4.98 Å². The highest BCUT2D eigenvalue weighted by atomic mass is 14.7. The maximum Gasteiger partial charge on any atom is 0.0373 e. The molecule has 0 unspecified atom stereocenters. The van der Waals surface area contributed by atoms with Crippen LogP contribution in [0.15, 0.2) is 30.5 Å². The smallest absolute Gasteiger partial charge is 0.0373 e. The van der Waals surface area contributed by atoms with Crippen LogP contribution in [0.4, 0.5) is 0 Å². The molecular weight excluding hydrogens is 302 g/mol. The van der Waals surface area contributed by atoms with Gasteiger partial charge in [0.1, 0.15) is 0 Å². The van der Waals surface area contributed by atoms with Crippen molar-refractivity contribution in [3.05, 3.63) is 64.0 Å². The zero-order chi connectivity index (χ0) is 18.4. The summed E-state index contributed by atoms with van der Waals surface area (Å²) in [7, 11) is 0. The van der Waals surface area contributed by atoms with Crippen molar-refractivity contribution in [2.45, 2.75) is 72.1 Å². The second-order valence-electron chi connectivity index (χ2n) is 9.04. The fourth-order valence-electron chi connectivity index (χ4n) is 3.91. The average Bonchev–Trinajstić information content (AvgIpc) is 2.54. The Morgan fingerprint density at radius 3 is 2.16 bits per heavy atom. The molecule has 0 N–H and O–H groups in total. The van der Waals surface area contributed by atoms with E-state index in [0.29, 0.717) is 0 Å². The lowest BCUT2D eigenvalue weighted by Crippen LogP contribution is -2.34. The molecule has 0 spiro atoms. The minimum atomic E-state index is 0. The van der Waals surface area contributed by atoms with E-state index in [9.17, 15) is 0 Å². The number of nitrogens with zero attached hydrogens (tertiary/aromatic N) is 1. The van der Waals surface area contributed by atoms with Gasteiger partial charge in [0.05, 0.1) is 0 Å². The van der Waals surface area contributed by atoms with Crippen molar-refractivity contribution in [1.29, 1.82) is 0 Å². The van der Waals surface area contributed by atoms with Crippen LogP contribution in [0.5, 0.6) is 0 Å². The molecule has 134 valence electrons. The van der Waals surface area contributed by atoms with Gasteiger partial charge in [-0.2, -0.15) is 0 Å². The monoisotopic (exact) mass is 335 g/mol. The van der Waals surface area contributed by atoms with Gasteiger partial charge in [-0.1, -0.05) is 52.0 Å². The predicted molar refractivity (Wildman–Crippen MR) is 111 cm³/mol. The Hall–Kier alpha value is -1.89. The number of hydrogen-bond donors (Lipinski definition) is 0. The van der Waals surface area contributed by atoms with E-state index in [1.807, 2.05) is 13.1 Å². The summed E-state index contributed by atoms with van der Waals surface area (Å²) < 4.78 is 0. The third-order valence-electron chi connectivity index (χ3n) is 5.98. The molecule has 0 aliphatic heterocycles. The largest absolute Gasteiger partial charge is 0.261 e. The van der Waals surface area contributed by atoms with Gasteiger partial charge in [-0.25, -0.2) is 0 Å². The summed E-state index contributed by atoms with van der Waals surface area (Å²) in [4.78, 5) is 4.44. The average molecular weight is 336 g/mol. The Kier molecular flexibility index (Phi) is 4.39. The zero-order valence-electron chi connectivity index (χ0n) is 16.8. The van der Waals surface area contributed by atoms with E-state index in [1.165, 1.54) is 46.2 Å². The summed E-state index contributed by atoms with van der Waals surface area (Å²) in [5.41, 5.74) is 9.81. The molecule has 0 saturated heterocycles. The van der Waals surface area contributed by atoms with Crippen LogP contribution < -0.4 is 0 Å². The molecule has 1 heterocycles. The summed E-state index contributed by atoms with van der Waals surface area (Å²) in [5, 5.41) is 0. The third kappa shape index (κ3) is 3.42. The molecule has 25 heavy (non-hydrogen) atoms. The van der Waals surface area contributed by atoms with Crippen molar-refractivity contribution in [3.8, 4) is 0 Å². The van der Waals surface area contributed by atoms with E-state index in [1.54, 1.807) is 0 Å². The lowest BCUT2D eigenvalue weighted by molar-refractivity contribution is 0.331. The van der Waals surface area contributed by atoms with Crippen LogP contribution in [0.25, 0.3) is 11.6 Å². The van der Waals surface area contributed by atoms with Crippen molar-refractivity contribution >= 4 is 11.6 Å². The van der Waals surface area contributed by atoms with E-state index in [2.05, 4.69) is 76.9 Å². The maximum atomic E-state index is 4.44. The third-order valence-corrected chi connectivity index (χ3v) is 5.98. The van der Waals surface area contributed by atoms with E-state index in [0.717, 1.165) is 5.69 Å². The summed E-state index contributed by atoms with van der Waals surface area (Å²) >= 11 is 0. The minimum absolute atomic E-state index is 0. The highest BCUT2D eigenvalue weighted by Crippen LogP contribution is 2.46. The van der Waals surface area contributed by atoms with Crippen molar-refractivity contribution < 1.29 is 1.43 Å². The number of hydrogen-bond acceptors (Lipinski definition) is 1. The number of fused-ring (bicyclic) bond motifs is 1. The van der Waals surface area contributed by atoms with Crippen LogP contribution in [0.1, 0.15) is 82.4 Å². The maximum absolute atomic E-state index is 4.44. The molecule has 1 aromatic heterocycles. The van der Waals surface area contributed by atoms with E-state index in [-0.39, 0.29) is 12.3 Å². The molecule has 1 heteroatoms. The topological polar surface area (TPSA) is 12.9 Å². The van der Waals surface area contributed by atoms with Gasteiger partial charge in [0, 0.05) is 13.3 Å². The van der Waals surface area contributed by atoms with Crippen LogP contribution >= 0.6 is 0 Å². The Balaban J connectivity index is 0.00000243. The number of allylic oxidation sites excluding steroid dienone is 1. The van der Waals surface area contributed by atoms with Gasteiger partial charge in [-0.05, 0) is 83.9 Å². The van der Waals surface area contributed by atoms with E-state index >= 15 is 0 Å². The Labute approximate surface area is 154 Å². The molecule has 3 rings (SSSR count). The molecule has 0 fully saturated rings. The zero-order valence-corrected chi connectivity index (χ0v) is 16.8. The Morgan fingerprint density at radius 2 is 1.60 bits per heavy atom. The summed E-state index contributed by atoms with van der Waals surface area (Å²) in [6, 6.07) is 9.12. The number of benzene rings is 1. The van der Waals surface area contributed by atoms with E-state index in [4.69, 9.17) is 0 Å². The van der Waals surface area contributed by atoms with E-state index < -0.39 is 0 Å². The lowest BCUT2D eigenvalue weighted by Gasteiger charge is -2.42. The molecule has 1 aliphatic carbocycles. The van der Waals surface area contributed by atoms with Gasteiger partial charge < -0.3 is 0 Å². The van der Waals surface area contributed by atoms with Crippen molar-refractivity contribution in [1.82, 2.24) is 4.98 Å². The number of aromatic nitrogens is 1. The predicted octanol–water partition coefficient (Wildman–Crippen LogP) is 6.85. The second kappa shape index (κ2) is 6.12. The minimum Gasteiger partial charge on any atom is -0.261 e. The highest BCUT2D eigenvalue weighted by Gasteiger charge is 2.37. The molecule has 0 amide bonds. The molecule has 0 bridgehead atoms. The van der Waals surface area contributed by atoms with Crippen LogP contribution in [0, 0.1) is 13.8 Å². The van der Waals surface area contributed by atoms with Gasteiger partial charge in [-0.3, -0.25) is 4.98 Å². The second-order valence-corrected chi connectivity index (χ2v) is 9.04. The fourth-order valence-corrected chi connectivity index (χ4v) is 3.91. The Bertz CT molecular complexity index is 826. The molecule has 0 saturated carbocycles. The number of rotatable bonds is 2. The fraction of sp³-hybridized carbons (Fsp3) is 0.458. The molecule has 0 atom stereocenters. The van der Waals surface area contributed by atoms with Gasteiger partial charge in [-0.15, -0.1) is 0 Å².